The molecule has 8 heteroatoms. The number of ether oxygens (including phenoxy) is 1. The molecule has 0 bridgehead atoms. The lowest BCUT2D eigenvalue weighted by Gasteiger charge is -2.19. The fraction of sp³-hybridized carbons (Fsp3) is 0.375. The van der Waals surface area contributed by atoms with Crippen LogP contribution in [0.2, 0.25) is 0 Å². The molecule has 2 saturated heterocycles. The lowest BCUT2D eigenvalue weighted by atomic mass is 10.1. The molecule has 0 atom stereocenters. The van der Waals surface area contributed by atoms with E-state index in [1.807, 2.05) is 29.2 Å². The van der Waals surface area contributed by atoms with Gasteiger partial charge in [0, 0.05) is 49.9 Å². The minimum Gasteiger partial charge on any atom is -0.494 e. The minimum absolute atomic E-state index is 0.0393. The van der Waals surface area contributed by atoms with Crippen molar-refractivity contribution in [1.29, 1.82) is 0 Å². The molecule has 32 heavy (non-hydrogen) atoms. The Morgan fingerprint density at radius 1 is 1.03 bits per heavy atom. The van der Waals surface area contributed by atoms with Gasteiger partial charge in [-0.15, -0.1) is 0 Å². The van der Waals surface area contributed by atoms with Crippen molar-refractivity contribution >= 4 is 29.2 Å². The number of rotatable bonds is 6. The van der Waals surface area contributed by atoms with Gasteiger partial charge >= 0.3 is 6.03 Å². The molecule has 2 aliphatic rings. The highest BCUT2D eigenvalue weighted by Crippen LogP contribution is 2.33. The van der Waals surface area contributed by atoms with Crippen LogP contribution in [0.25, 0.3) is 0 Å². The Labute approximate surface area is 187 Å². The summed E-state index contributed by atoms with van der Waals surface area (Å²) in [7, 11) is 1.54. The Kier molecular flexibility index (Phi) is 6.58. The third-order valence-electron chi connectivity index (χ3n) is 5.82. The zero-order valence-corrected chi connectivity index (χ0v) is 18.2. The van der Waals surface area contributed by atoms with Gasteiger partial charge in [-0.3, -0.25) is 9.59 Å². The monoisotopic (exact) mass is 436 g/mol. The molecule has 168 valence electrons. The summed E-state index contributed by atoms with van der Waals surface area (Å²) in [6.45, 7) is 2.57. The van der Waals surface area contributed by atoms with Crippen molar-refractivity contribution in [3.05, 3.63) is 53.6 Å². The van der Waals surface area contributed by atoms with Crippen LogP contribution in [0.4, 0.5) is 16.2 Å². The molecule has 4 rings (SSSR count). The topological polar surface area (TPSA) is 91.0 Å². The number of carbonyl (C=O) groups excluding carboxylic acids is 3. The van der Waals surface area contributed by atoms with Crippen molar-refractivity contribution in [1.82, 2.24) is 10.2 Å². The highest BCUT2D eigenvalue weighted by atomic mass is 16.5. The Hall–Kier alpha value is -3.55. The summed E-state index contributed by atoms with van der Waals surface area (Å²) in [5.74, 6) is 0.649. The van der Waals surface area contributed by atoms with Crippen LogP contribution in [0, 0.1) is 0 Å². The molecular formula is C24H28N4O4. The fourth-order valence-corrected chi connectivity index (χ4v) is 4.16. The van der Waals surface area contributed by atoms with Gasteiger partial charge in [0.15, 0.2) is 0 Å². The summed E-state index contributed by atoms with van der Waals surface area (Å²) in [6, 6.07) is 12.2. The molecule has 2 heterocycles. The number of hydrogen-bond donors (Lipinski definition) is 2. The molecule has 4 amide bonds. The number of benzene rings is 2. The second-order valence-corrected chi connectivity index (χ2v) is 8.04. The van der Waals surface area contributed by atoms with Gasteiger partial charge in [-0.2, -0.15) is 0 Å². The third kappa shape index (κ3) is 4.85. The summed E-state index contributed by atoms with van der Waals surface area (Å²) < 4.78 is 5.43. The molecule has 2 fully saturated rings. The van der Waals surface area contributed by atoms with Crippen LogP contribution in [0.1, 0.15) is 41.6 Å². The van der Waals surface area contributed by atoms with E-state index in [0.29, 0.717) is 42.2 Å². The van der Waals surface area contributed by atoms with Crippen molar-refractivity contribution < 1.29 is 19.1 Å². The molecule has 0 spiro atoms. The Bertz CT molecular complexity index is 1020. The molecule has 0 radical (unpaired) electrons. The minimum atomic E-state index is -0.367. The van der Waals surface area contributed by atoms with Gasteiger partial charge < -0.3 is 25.2 Å². The van der Waals surface area contributed by atoms with Gasteiger partial charge in [0.1, 0.15) is 5.75 Å². The summed E-state index contributed by atoms with van der Waals surface area (Å²) in [5.41, 5.74) is 2.77. The zero-order chi connectivity index (χ0) is 22.5. The lowest BCUT2D eigenvalue weighted by Crippen LogP contribution is -2.29. The van der Waals surface area contributed by atoms with E-state index in [1.54, 1.807) is 30.2 Å². The molecule has 0 aliphatic carbocycles. The summed E-state index contributed by atoms with van der Waals surface area (Å²) in [6.07, 6.45) is 3.46. The van der Waals surface area contributed by atoms with Gasteiger partial charge in [0.05, 0.1) is 12.8 Å². The van der Waals surface area contributed by atoms with Gasteiger partial charge in [-0.1, -0.05) is 12.1 Å². The van der Waals surface area contributed by atoms with Crippen LogP contribution in [-0.4, -0.2) is 49.5 Å². The predicted molar refractivity (Wildman–Crippen MR) is 122 cm³/mol. The molecule has 0 unspecified atom stereocenters. The lowest BCUT2D eigenvalue weighted by molar-refractivity contribution is -0.117. The number of carbonyl (C=O) groups is 3. The van der Waals surface area contributed by atoms with E-state index in [0.717, 1.165) is 37.9 Å². The molecular weight excluding hydrogens is 408 g/mol. The van der Waals surface area contributed by atoms with Crippen LogP contribution in [-0.2, 0) is 11.3 Å². The smallest absolute Gasteiger partial charge is 0.319 e. The van der Waals surface area contributed by atoms with E-state index in [9.17, 15) is 14.4 Å². The maximum atomic E-state index is 12.6. The number of methoxy groups -OCH3 is 1. The Morgan fingerprint density at radius 3 is 2.56 bits per heavy atom. The standard InChI is InChI=1S/C24H28N4O4/c1-32-21-15-19(9-10-20(21)28-13-5-8-22(28)29)26-24(31)25-16-17-6-4-7-18(14-17)23(30)27-11-2-3-12-27/h4,6-7,9-10,14-15H,2-3,5,8,11-13,16H2,1H3,(H2,25,26,31). The van der Waals surface area contributed by atoms with Gasteiger partial charge in [-0.05, 0) is 49.1 Å². The first-order valence-electron chi connectivity index (χ1n) is 11.0. The zero-order valence-electron chi connectivity index (χ0n) is 18.2. The normalized spacial score (nSPS) is 15.7. The maximum Gasteiger partial charge on any atom is 0.319 e. The molecule has 8 nitrogen and oxygen atoms in total. The summed E-state index contributed by atoms with van der Waals surface area (Å²) >= 11 is 0. The first kappa shape index (κ1) is 21.7. The second kappa shape index (κ2) is 9.72. The largest absolute Gasteiger partial charge is 0.494 e. The number of likely N-dealkylation sites (tertiary alicyclic amines) is 1. The molecule has 0 saturated carbocycles. The van der Waals surface area contributed by atoms with Crippen LogP contribution in [0.15, 0.2) is 42.5 Å². The van der Waals surface area contributed by atoms with Crippen LogP contribution in [0.3, 0.4) is 0 Å². The van der Waals surface area contributed by atoms with Crippen molar-refractivity contribution in [3.63, 3.8) is 0 Å². The van der Waals surface area contributed by atoms with Crippen molar-refractivity contribution in [2.24, 2.45) is 0 Å². The van der Waals surface area contributed by atoms with Crippen molar-refractivity contribution in [2.45, 2.75) is 32.2 Å². The van der Waals surface area contributed by atoms with Crippen molar-refractivity contribution in [3.8, 4) is 5.75 Å². The number of hydrogen-bond acceptors (Lipinski definition) is 4. The average molecular weight is 437 g/mol. The maximum absolute atomic E-state index is 12.6. The first-order chi connectivity index (χ1) is 15.5. The fourth-order valence-electron chi connectivity index (χ4n) is 4.16. The molecule has 2 aromatic rings. The highest BCUT2D eigenvalue weighted by Gasteiger charge is 2.24. The highest BCUT2D eigenvalue weighted by molar-refractivity contribution is 5.98. The van der Waals surface area contributed by atoms with E-state index in [4.69, 9.17) is 4.74 Å². The van der Waals surface area contributed by atoms with Gasteiger partial charge in [-0.25, -0.2) is 4.79 Å². The number of anilines is 2. The quantitative estimate of drug-likeness (QED) is 0.726. The Morgan fingerprint density at radius 2 is 1.84 bits per heavy atom. The number of nitrogens with one attached hydrogen (secondary N) is 2. The van der Waals surface area contributed by atoms with E-state index >= 15 is 0 Å². The number of nitrogens with zero attached hydrogens (tertiary/aromatic N) is 2. The third-order valence-corrected chi connectivity index (χ3v) is 5.82. The van der Waals surface area contributed by atoms with E-state index < -0.39 is 0 Å². The summed E-state index contributed by atoms with van der Waals surface area (Å²) in [5, 5.41) is 5.61. The number of amides is 4. The SMILES string of the molecule is COc1cc(NC(=O)NCc2cccc(C(=O)N3CCCC3)c2)ccc1N1CCCC1=O. The van der Waals surface area contributed by atoms with Gasteiger partial charge in [0.2, 0.25) is 5.91 Å². The Balaban J connectivity index is 1.35. The summed E-state index contributed by atoms with van der Waals surface area (Å²) in [4.78, 5) is 40.6. The van der Waals surface area contributed by atoms with E-state index in [-0.39, 0.29) is 17.8 Å². The number of urea groups is 1. The molecule has 2 N–H and O–H groups in total. The second-order valence-electron chi connectivity index (χ2n) is 8.04. The van der Waals surface area contributed by atoms with Crippen LogP contribution in [0.5, 0.6) is 5.75 Å². The van der Waals surface area contributed by atoms with E-state index in [2.05, 4.69) is 10.6 Å². The van der Waals surface area contributed by atoms with Crippen LogP contribution >= 0.6 is 0 Å². The van der Waals surface area contributed by atoms with Gasteiger partial charge in [0.25, 0.3) is 5.91 Å². The predicted octanol–water partition coefficient (Wildman–Crippen LogP) is 3.38. The van der Waals surface area contributed by atoms with Crippen molar-refractivity contribution in [2.75, 3.05) is 37.0 Å². The molecule has 2 aliphatic heterocycles. The van der Waals surface area contributed by atoms with Crippen LogP contribution < -0.4 is 20.3 Å². The molecule has 0 aromatic heterocycles. The average Bonchev–Trinajstić information content (AvgIpc) is 3.49. The van der Waals surface area contributed by atoms with E-state index in [1.165, 1.54) is 0 Å². The molecule has 2 aromatic carbocycles. The first-order valence-corrected chi connectivity index (χ1v) is 11.0.